The Labute approximate surface area is 146 Å². The van der Waals surface area contributed by atoms with Gasteiger partial charge in [-0.15, -0.1) is 0 Å². The fourth-order valence-electron chi connectivity index (χ4n) is 3.93. The standard InChI is InChI=1S/C17H21N7O/c18-16-19-7-11(8-20-16)14-6-15(24-9-13-5-12(24)10-25-13)22-17(21-14)23-3-1-2-4-23/h6-8,12-13H,1-5,9-10H2,(H2,18,19,20). The molecule has 0 aromatic carbocycles. The van der Waals surface area contributed by atoms with Crippen molar-refractivity contribution in [3.8, 4) is 11.3 Å². The molecule has 3 aliphatic rings. The van der Waals surface area contributed by atoms with Crippen LogP contribution in [0, 0.1) is 0 Å². The lowest BCUT2D eigenvalue weighted by molar-refractivity contribution is 0.0989. The third kappa shape index (κ3) is 2.66. The molecule has 2 aromatic heterocycles. The Hall–Kier alpha value is -2.48. The van der Waals surface area contributed by atoms with Gasteiger partial charge in [-0.2, -0.15) is 4.98 Å². The van der Waals surface area contributed by atoms with Gasteiger partial charge in [0.05, 0.1) is 24.4 Å². The number of rotatable bonds is 3. The van der Waals surface area contributed by atoms with E-state index in [4.69, 9.17) is 20.4 Å². The number of fused-ring (bicyclic) bond motifs is 2. The molecule has 3 aliphatic heterocycles. The Kier molecular flexibility index (Phi) is 3.44. The van der Waals surface area contributed by atoms with Crippen molar-refractivity contribution in [1.29, 1.82) is 0 Å². The topological polar surface area (TPSA) is 93.3 Å². The molecule has 8 heteroatoms. The predicted octanol–water partition coefficient (Wildman–Crippen LogP) is 1.09. The van der Waals surface area contributed by atoms with E-state index in [1.54, 1.807) is 12.4 Å². The first-order valence-corrected chi connectivity index (χ1v) is 8.86. The molecular weight excluding hydrogens is 318 g/mol. The van der Waals surface area contributed by atoms with Crippen LogP contribution in [-0.2, 0) is 4.74 Å². The summed E-state index contributed by atoms with van der Waals surface area (Å²) in [6.45, 7) is 3.71. The van der Waals surface area contributed by atoms with Crippen LogP contribution in [0.2, 0.25) is 0 Å². The van der Waals surface area contributed by atoms with Gasteiger partial charge in [0, 0.05) is 43.7 Å². The number of morpholine rings is 1. The molecular formula is C17H21N7O. The van der Waals surface area contributed by atoms with E-state index >= 15 is 0 Å². The number of nitrogen functional groups attached to an aromatic ring is 1. The zero-order chi connectivity index (χ0) is 16.8. The average molecular weight is 339 g/mol. The maximum atomic E-state index is 5.73. The first-order valence-electron chi connectivity index (χ1n) is 8.86. The van der Waals surface area contributed by atoms with Crippen LogP contribution in [0.3, 0.4) is 0 Å². The number of hydrogen-bond donors (Lipinski definition) is 1. The summed E-state index contributed by atoms with van der Waals surface area (Å²) in [7, 11) is 0. The normalized spacial score (nSPS) is 25.1. The second-order valence-corrected chi connectivity index (χ2v) is 6.93. The number of ether oxygens (including phenoxy) is 1. The van der Waals surface area contributed by atoms with Gasteiger partial charge < -0.3 is 20.3 Å². The molecule has 0 amide bonds. The van der Waals surface area contributed by atoms with Gasteiger partial charge in [0.15, 0.2) is 0 Å². The van der Waals surface area contributed by atoms with Gasteiger partial charge in [0.25, 0.3) is 0 Å². The molecule has 0 radical (unpaired) electrons. The van der Waals surface area contributed by atoms with Crippen molar-refractivity contribution < 1.29 is 4.74 Å². The van der Waals surface area contributed by atoms with E-state index < -0.39 is 0 Å². The maximum Gasteiger partial charge on any atom is 0.227 e. The summed E-state index contributed by atoms with van der Waals surface area (Å²) in [6.07, 6.45) is 7.25. The molecule has 3 saturated heterocycles. The molecule has 25 heavy (non-hydrogen) atoms. The molecule has 5 heterocycles. The highest BCUT2D eigenvalue weighted by Gasteiger charge is 2.40. The van der Waals surface area contributed by atoms with Crippen molar-refractivity contribution in [1.82, 2.24) is 19.9 Å². The van der Waals surface area contributed by atoms with E-state index in [9.17, 15) is 0 Å². The molecule has 2 atom stereocenters. The van der Waals surface area contributed by atoms with E-state index in [-0.39, 0.29) is 5.95 Å². The van der Waals surface area contributed by atoms with Gasteiger partial charge in [-0.05, 0) is 19.3 Å². The molecule has 0 saturated carbocycles. The molecule has 0 spiro atoms. The lowest BCUT2D eigenvalue weighted by Crippen LogP contribution is -2.38. The van der Waals surface area contributed by atoms with Crippen LogP contribution in [0.4, 0.5) is 17.7 Å². The van der Waals surface area contributed by atoms with Crippen LogP contribution in [0.5, 0.6) is 0 Å². The summed E-state index contributed by atoms with van der Waals surface area (Å²) in [5.41, 5.74) is 7.32. The summed E-state index contributed by atoms with van der Waals surface area (Å²) in [5.74, 6) is 2.04. The molecule has 130 valence electrons. The van der Waals surface area contributed by atoms with E-state index in [1.165, 1.54) is 12.8 Å². The Bertz CT molecular complexity index is 775. The Balaban J connectivity index is 1.56. The van der Waals surface area contributed by atoms with E-state index in [0.29, 0.717) is 12.1 Å². The van der Waals surface area contributed by atoms with Crippen LogP contribution >= 0.6 is 0 Å². The van der Waals surface area contributed by atoms with Gasteiger partial charge in [-0.25, -0.2) is 15.0 Å². The van der Waals surface area contributed by atoms with Crippen molar-refractivity contribution in [2.75, 3.05) is 41.8 Å². The van der Waals surface area contributed by atoms with Crippen LogP contribution in [0.15, 0.2) is 18.5 Å². The molecule has 5 rings (SSSR count). The second kappa shape index (κ2) is 5.80. The van der Waals surface area contributed by atoms with Crippen molar-refractivity contribution in [2.24, 2.45) is 0 Å². The Morgan fingerprint density at radius 1 is 1.12 bits per heavy atom. The van der Waals surface area contributed by atoms with Crippen LogP contribution in [-0.4, -0.2) is 58.3 Å². The van der Waals surface area contributed by atoms with Crippen molar-refractivity contribution >= 4 is 17.7 Å². The predicted molar refractivity (Wildman–Crippen MR) is 94.4 cm³/mol. The van der Waals surface area contributed by atoms with Gasteiger partial charge >= 0.3 is 0 Å². The van der Waals surface area contributed by atoms with Crippen LogP contribution in [0.25, 0.3) is 11.3 Å². The SMILES string of the molecule is Nc1ncc(-c2cc(N3CC4CC3CO4)nc(N3CCCC3)n2)cn1. The van der Waals surface area contributed by atoms with E-state index in [0.717, 1.165) is 55.7 Å². The zero-order valence-corrected chi connectivity index (χ0v) is 14.0. The van der Waals surface area contributed by atoms with Crippen LogP contribution in [0.1, 0.15) is 19.3 Å². The highest BCUT2D eigenvalue weighted by Crippen LogP contribution is 2.34. The lowest BCUT2D eigenvalue weighted by atomic mass is 10.2. The van der Waals surface area contributed by atoms with Crippen molar-refractivity contribution in [3.05, 3.63) is 18.5 Å². The van der Waals surface area contributed by atoms with Gasteiger partial charge in [-0.1, -0.05) is 0 Å². The summed E-state index contributed by atoms with van der Waals surface area (Å²) in [5, 5.41) is 0. The molecule has 2 aromatic rings. The Morgan fingerprint density at radius 3 is 2.60 bits per heavy atom. The van der Waals surface area contributed by atoms with Crippen molar-refractivity contribution in [3.63, 3.8) is 0 Å². The first-order chi connectivity index (χ1) is 12.3. The molecule has 2 unspecified atom stereocenters. The smallest absolute Gasteiger partial charge is 0.227 e. The number of nitrogens with zero attached hydrogens (tertiary/aromatic N) is 6. The zero-order valence-electron chi connectivity index (χ0n) is 14.0. The number of aromatic nitrogens is 4. The maximum absolute atomic E-state index is 5.73. The van der Waals surface area contributed by atoms with E-state index in [2.05, 4.69) is 19.8 Å². The Morgan fingerprint density at radius 2 is 1.92 bits per heavy atom. The van der Waals surface area contributed by atoms with Gasteiger partial charge in [0.2, 0.25) is 11.9 Å². The highest BCUT2D eigenvalue weighted by molar-refractivity contribution is 5.64. The number of anilines is 3. The summed E-state index contributed by atoms with van der Waals surface area (Å²) >= 11 is 0. The minimum atomic E-state index is 0.270. The fourth-order valence-corrected chi connectivity index (χ4v) is 3.93. The minimum absolute atomic E-state index is 0.270. The largest absolute Gasteiger partial charge is 0.374 e. The first kappa shape index (κ1) is 14.8. The van der Waals surface area contributed by atoms with Crippen LogP contribution < -0.4 is 15.5 Å². The monoisotopic (exact) mass is 339 g/mol. The lowest BCUT2D eigenvalue weighted by Gasteiger charge is -2.29. The summed E-state index contributed by atoms with van der Waals surface area (Å²) in [4.78, 5) is 22.5. The third-order valence-corrected chi connectivity index (χ3v) is 5.25. The molecule has 2 N–H and O–H groups in total. The summed E-state index contributed by atoms with van der Waals surface area (Å²) < 4.78 is 5.73. The second-order valence-electron chi connectivity index (χ2n) is 6.93. The molecule has 2 bridgehead atoms. The molecule has 3 fully saturated rings. The van der Waals surface area contributed by atoms with E-state index in [1.807, 2.05) is 6.07 Å². The number of hydrogen-bond acceptors (Lipinski definition) is 8. The highest BCUT2D eigenvalue weighted by atomic mass is 16.5. The average Bonchev–Trinajstić information content (AvgIpc) is 3.39. The van der Waals surface area contributed by atoms with Crippen molar-refractivity contribution in [2.45, 2.75) is 31.4 Å². The fraction of sp³-hybridized carbons (Fsp3) is 0.529. The quantitative estimate of drug-likeness (QED) is 0.888. The van der Waals surface area contributed by atoms with Gasteiger partial charge in [-0.3, -0.25) is 0 Å². The number of nitrogens with two attached hydrogens (primary N) is 1. The third-order valence-electron chi connectivity index (χ3n) is 5.25. The molecule has 0 aliphatic carbocycles. The molecule has 8 nitrogen and oxygen atoms in total. The minimum Gasteiger partial charge on any atom is -0.374 e. The van der Waals surface area contributed by atoms with Gasteiger partial charge in [0.1, 0.15) is 5.82 Å². The summed E-state index contributed by atoms with van der Waals surface area (Å²) in [6, 6.07) is 2.46.